The molecule has 0 aliphatic carbocycles. The van der Waals surface area contributed by atoms with Crippen molar-refractivity contribution in [2.24, 2.45) is 0 Å². The Hall–Kier alpha value is -2.06. The van der Waals surface area contributed by atoms with Crippen LogP contribution in [0, 0.1) is 4.84 Å². The molecule has 0 radical (unpaired) electrons. The quantitative estimate of drug-likeness (QED) is 0.797. The van der Waals surface area contributed by atoms with E-state index >= 15 is 0 Å². The molecule has 0 atom stereocenters. The molecule has 7 nitrogen and oxygen atoms in total. The summed E-state index contributed by atoms with van der Waals surface area (Å²) in [4.78, 5) is 19.7. The lowest BCUT2D eigenvalue weighted by molar-refractivity contribution is -0.130. The molecule has 0 saturated carbocycles. The molecular formula is C14H17N5O2S. The zero-order valence-corrected chi connectivity index (χ0v) is 13.1. The highest BCUT2D eigenvalue weighted by Gasteiger charge is 2.19. The predicted molar refractivity (Wildman–Crippen MR) is 82.4 cm³/mol. The van der Waals surface area contributed by atoms with Crippen molar-refractivity contribution in [1.82, 2.24) is 24.6 Å². The average molecular weight is 319 g/mol. The molecule has 0 bridgehead atoms. The molecule has 0 aromatic carbocycles. The van der Waals surface area contributed by atoms with Gasteiger partial charge in [-0.25, -0.2) is 4.68 Å². The maximum Gasteiger partial charge on any atom is 0.288 e. The molecule has 1 aliphatic rings. The van der Waals surface area contributed by atoms with Gasteiger partial charge in [0.15, 0.2) is 0 Å². The molecular weight excluding hydrogens is 302 g/mol. The normalized spacial score (nSPS) is 16.0. The summed E-state index contributed by atoms with van der Waals surface area (Å²) in [5, 5.41) is 4.42. The monoisotopic (exact) mass is 319 g/mol. The molecule has 2 aromatic heterocycles. The highest BCUT2D eigenvalue weighted by Crippen LogP contribution is 2.16. The highest BCUT2D eigenvalue weighted by atomic mass is 32.1. The van der Waals surface area contributed by atoms with Crippen LogP contribution in [0.25, 0.3) is 11.5 Å². The molecule has 1 fully saturated rings. The van der Waals surface area contributed by atoms with Gasteiger partial charge in [-0.05, 0) is 24.4 Å². The van der Waals surface area contributed by atoms with Crippen molar-refractivity contribution in [3.05, 3.63) is 29.4 Å². The van der Waals surface area contributed by atoms with E-state index in [-0.39, 0.29) is 5.91 Å². The van der Waals surface area contributed by atoms with E-state index < -0.39 is 0 Å². The van der Waals surface area contributed by atoms with Crippen molar-refractivity contribution in [2.75, 3.05) is 26.2 Å². The number of pyridine rings is 1. The van der Waals surface area contributed by atoms with Crippen LogP contribution >= 0.6 is 12.2 Å². The summed E-state index contributed by atoms with van der Waals surface area (Å²) < 4.78 is 7.22. The Balaban J connectivity index is 1.68. The van der Waals surface area contributed by atoms with Crippen molar-refractivity contribution < 1.29 is 9.21 Å². The van der Waals surface area contributed by atoms with Gasteiger partial charge in [0.25, 0.3) is 4.84 Å². The molecule has 3 rings (SSSR count). The number of hydrogen-bond donors (Lipinski definition) is 0. The maximum atomic E-state index is 11.3. The zero-order chi connectivity index (χ0) is 15.5. The number of hydrogen-bond acceptors (Lipinski definition) is 6. The predicted octanol–water partition coefficient (Wildman–Crippen LogP) is 1.39. The summed E-state index contributed by atoms with van der Waals surface area (Å²) in [7, 11) is 0. The summed E-state index contributed by atoms with van der Waals surface area (Å²) in [5.41, 5.74) is 0.848. The van der Waals surface area contributed by atoms with E-state index in [0.717, 1.165) is 31.7 Å². The fraction of sp³-hybridized carbons (Fsp3) is 0.429. The first-order chi connectivity index (χ1) is 10.6. The number of carbonyl (C=O) groups is 1. The van der Waals surface area contributed by atoms with Gasteiger partial charge in [0.05, 0.1) is 6.67 Å². The molecule has 3 heterocycles. The van der Waals surface area contributed by atoms with Crippen LogP contribution in [-0.2, 0) is 11.5 Å². The number of amides is 1. The van der Waals surface area contributed by atoms with Crippen molar-refractivity contribution in [2.45, 2.75) is 13.6 Å². The Morgan fingerprint density at radius 1 is 1.27 bits per heavy atom. The second-order valence-corrected chi connectivity index (χ2v) is 5.52. The van der Waals surface area contributed by atoms with Crippen LogP contribution < -0.4 is 0 Å². The van der Waals surface area contributed by atoms with Crippen LogP contribution in [0.15, 0.2) is 28.9 Å². The first-order valence-corrected chi connectivity index (χ1v) is 7.50. The molecule has 1 amide bonds. The van der Waals surface area contributed by atoms with Gasteiger partial charge in [-0.3, -0.25) is 14.7 Å². The molecule has 116 valence electrons. The minimum absolute atomic E-state index is 0.123. The number of aromatic nitrogens is 3. The first-order valence-electron chi connectivity index (χ1n) is 7.10. The zero-order valence-electron chi connectivity index (χ0n) is 12.3. The molecule has 1 aliphatic heterocycles. The highest BCUT2D eigenvalue weighted by molar-refractivity contribution is 7.71. The second kappa shape index (κ2) is 6.37. The Kier molecular flexibility index (Phi) is 4.30. The molecule has 0 spiro atoms. The fourth-order valence-corrected chi connectivity index (χ4v) is 2.58. The van der Waals surface area contributed by atoms with E-state index in [0.29, 0.717) is 17.4 Å². The third-order valence-corrected chi connectivity index (χ3v) is 3.98. The van der Waals surface area contributed by atoms with Gasteiger partial charge in [0.2, 0.25) is 11.8 Å². The van der Waals surface area contributed by atoms with Crippen molar-refractivity contribution in [3.8, 4) is 11.5 Å². The van der Waals surface area contributed by atoms with Gasteiger partial charge in [-0.15, -0.1) is 5.10 Å². The van der Waals surface area contributed by atoms with Crippen molar-refractivity contribution in [1.29, 1.82) is 0 Å². The van der Waals surface area contributed by atoms with Gasteiger partial charge < -0.3 is 9.32 Å². The van der Waals surface area contributed by atoms with Crippen LogP contribution in [0.5, 0.6) is 0 Å². The van der Waals surface area contributed by atoms with E-state index in [9.17, 15) is 4.79 Å². The Morgan fingerprint density at radius 2 is 1.95 bits per heavy atom. The van der Waals surface area contributed by atoms with Gasteiger partial charge in [-0.2, -0.15) is 0 Å². The lowest BCUT2D eigenvalue weighted by Crippen LogP contribution is -2.48. The molecule has 0 N–H and O–H groups in total. The minimum atomic E-state index is 0.123. The summed E-state index contributed by atoms with van der Waals surface area (Å²) in [6.45, 7) is 5.25. The van der Waals surface area contributed by atoms with Crippen molar-refractivity contribution in [3.63, 3.8) is 0 Å². The van der Waals surface area contributed by atoms with Crippen molar-refractivity contribution >= 4 is 18.1 Å². The molecule has 8 heteroatoms. The number of carbonyl (C=O) groups excluding carboxylic acids is 1. The SMILES string of the molecule is CC(=O)N1CCN(Cn2nc(-c3ccncc3)oc2=S)CC1. The van der Waals surface area contributed by atoms with Gasteiger partial charge in [0, 0.05) is 51.1 Å². The van der Waals surface area contributed by atoms with E-state index in [4.69, 9.17) is 16.6 Å². The standard InChI is InChI=1S/C14H17N5O2S/c1-11(20)18-8-6-17(7-9-18)10-19-14(22)21-13(16-19)12-2-4-15-5-3-12/h2-5H,6-10H2,1H3. The van der Waals surface area contributed by atoms with E-state index in [1.54, 1.807) is 24.0 Å². The van der Waals surface area contributed by atoms with Crippen LogP contribution in [-0.4, -0.2) is 56.7 Å². The number of piperazine rings is 1. The smallest absolute Gasteiger partial charge is 0.288 e. The van der Waals surface area contributed by atoms with Crippen LogP contribution in [0.3, 0.4) is 0 Å². The number of rotatable bonds is 3. The van der Waals surface area contributed by atoms with Gasteiger partial charge in [0.1, 0.15) is 0 Å². The van der Waals surface area contributed by atoms with Crippen LogP contribution in [0.1, 0.15) is 6.92 Å². The minimum Gasteiger partial charge on any atom is -0.409 e. The van der Waals surface area contributed by atoms with Crippen LogP contribution in [0.4, 0.5) is 0 Å². The third kappa shape index (κ3) is 3.23. The number of nitrogens with zero attached hydrogens (tertiary/aromatic N) is 5. The molecule has 22 heavy (non-hydrogen) atoms. The van der Waals surface area contributed by atoms with Gasteiger partial charge >= 0.3 is 0 Å². The lowest BCUT2D eigenvalue weighted by atomic mass is 10.3. The summed E-state index contributed by atoms with van der Waals surface area (Å²) in [6.07, 6.45) is 3.38. The first kappa shape index (κ1) is 14.9. The Morgan fingerprint density at radius 3 is 2.59 bits per heavy atom. The summed E-state index contributed by atoms with van der Waals surface area (Å²) in [6, 6.07) is 3.66. The molecule has 0 unspecified atom stereocenters. The van der Waals surface area contributed by atoms with E-state index in [1.165, 1.54) is 0 Å². The fourth-order valence-electron chi connectivity index (χ4n) is 2.40. The Bertz CT molecular complexity index is 704. The van der Waals surface area contributed by atoms with Crippen LogP contribution in [0.2, 0.25) is 0 Å². The molecule has 1 saturated heterocycles. The lowest BCUT2D eigenvalue weighted by Gasteiger charge is -2.33. The van der Waals surface area contributed by atoms with E-state index in [2.05, 4.69) is 15.0 Å². The van der Waals surface area contributed by atoms with E-state index in [1.807, 2.05) is 17.0 Å². The largest absolute Gasteiger partial charge is 0.409 e. The van der Waals surface area contributed by atoms with Gasteiger partial charge in [-0.1, -0.05) is 0 Å². The maximum absolute atomic E-state index is 11.3. The molecule has 2 aromatic rings. The summed E-state index contributed by atoms with van der Waals surface area (Å²) >= 11 is 5.23. The Labute approximate surface area is 133 Å². The summed E-state index contributed by atoms with van der Waals surface area (Å²) in [5.74, 6) is 0.618. The second-order valence-electron chi connectivity index (χ2n) is 5.17. The average Bonchev–Trinajstić information content (AvgIpc) is 2.90. The topological polar surface area (TPSA) is 67.4 Å². The third-order valence-electron chi connectivity index (χ3n) is 3.69.